The highest BCUT2D eigenvalue weighted by molar-refractivity contribution is 6.30. The fourth-order valence-electron chi connectivity index (χ4n) is 3.91. The molecule has 0 saturated heterocycles. The molecule has 0 aliphatic heterocycles. The summed E-state index contributed by atoms with van der Waals surface area (Å²) in [6.07, 6.45) is 2.68. The Morgan fingerprint density at radius 2 is 1.94 bits per heavy atom. The van der Waals surface area contributed by atoms with Gasteiger partial charge in [0.05, 0.1) is 19.3 Å². The second kappa shape index (κ2) is 11.0. The number of halogens is 3. The lowest BCUT2D eigenvalue weighted by Gasteiger charge is -2.27. The maximum absolute atomic E-state index is 14.2. The molecule has 1 fully saturated rings. The largest absolute Gasteiger partial charge is 0.491 e. The fourth-order valence-corrected chi connectivity index (χ4v) is 4.09. The molecule has 1 heterocycles. The number of methoxy groups -OCH3 is 1. The van der Waals surface area contributed by atoms with E-state index in [-0.39, 0.29) is 23.5 Å². The lowest BCUT2D eigenvalue weighted by Crippen LogP contribution is -2.35. The molecule has 1 aromatic heterocycles. The first kappa shape index (κ1) is 26.3. The molecule has 35 heavy (non-hydrogen) atoms. The molecule has 3 rings (SSSR count). The summed E-state index contributed by atoms with van der Waals surface area (Å²) >= 11 is 5.58. The summed E-state index contributed by atoms with van der Waals surface area (Å²) in [5.41, 5.74) is -1.69. The average molecular weight is 511 g/mol. The zero-order valence-electron chi connectivity index (χ0n) is 19.5. The number of benzene rings is 1. The number of ether oxygens (including phenoxy) is 2. The highest BCUT2D eigenvalue weighted by atomic mass is 35.5. The van der Waals surface area contributed by atoms with Crippen molar-refractivity contribution in [2.24, 2.45) is 0 Å². The van der Waals surface area contributed by atoms with E-state index in [0.29, 0.717) is 19.3 Å². The van der Waals surface area contributed by atoms with Crippen LogP contribution in [0.2, 0.25) is 5.02 Å². The number of aromatic nitrogens is 1. The number of hydrogen-bond acceptors (Lipinski definition) is 6. The van der Waals surface area contributed by atoms with Gasteiger partial charge in [0.15, 0.2) is 17.2 Å². The number of rotatable bonds is 7. The van der Waals surface area contributed by atoms with Crippen molar-refractivity contribution in [3.05, 3.63) is 62.0 Å². The molecule has 0 radical (unpaired) electrons. The maximum atomic E-state index is 14.2. The number of carbonyl (C=O) groups excluding carboxylic acids is 3. The number of ketones is 1. The van der Waals surface area contributed by atoms with E-state index in [1.807, 2.05) is 0 Å². The Kier molecular flexibility index (Phi) is 8.26. The Bertz CT molecular complexity index is 1230. The molecule has 188 valence electrons. The Balaban J connectivity index is 2.06. The molecule has 11 heteroatoms. The molecular weight excluding hydrogens is 486 g/mol. The van der Waals surface area contributed by atoms with Gasteiger partial charge in [0, 0.05) is 24.7 Å². The maximum Gasteiger partial charge on any atom is 0.359 e. The summed E-state index contributed by atoms with van der Waals surface area (Å²) in [6, 6.07) is 1.27. The monoisotopic (exact) mass is 510 g/mol. The fraction of sp³-hybridized carbons (Fsp3) is 0.417. The summed E-state index contributed by atoms with van der Waals surface area (Å²) in [7, 11) is 1.16. The minimum Gasteiger partial charge on any atom is -0.491 e. The third kappa shape index (κ3) is 5.53. The first-order valence-electron chi connectivity index (χ1n) is 11.0. The molecule has 1 amide bonds. The van der Waals surface area contributed by atoms with Crippen LogP contribution in [0.15, 0.2) is 23.1 Å². The number of amides is 1. The second-order valence-corrected chi connectivity index (χ2v) is 8.74. The normalized spacial score (nSPS) is 15.7. The van der Waals surface area contributed by atoms with Crippen LogP contribution >= 0.6 is 11.6 Å². The highest BCUT2D eigenvalue weighted by Gasteiger charge is 2.33. The van der Waals surface area contributed by atoms with Gasteiger partial charge in [0.1, 0.15) is 22.2 Å². The third-order valence-electron chi connectivity index (χ3n) is 5.59. The van der Waals surface area contributed by atoms with Gasteiger partial charge < -0.3 is 19.4 Å². The van der Waals surface area contributed by atoms with Crippen LogP contribution in [0.5, 0.6) is 5.75 Å². The first-order chi connectivity index (χ1) is 16.6. The Labute approximate surface area is 205 Å². The van der Waals surface area contributed by atoms with Crippen molar-refractivity contribution in [1.82, 2.24) is 9.88 Å². The van der Waals surface area contributed by atoms with E-state index >= 15 is 0 Å². The van der Waals surface area contributed by atoms with Crippen LogP contribution in [0.25, 0.3) is 0 Å². The molecule has 1 atom stereocenters. The van der Waals surface area contributed by atoms with Crippen LogP contribution < -0.4 is 15.5 Å². The zero-order chi connectivity index (χ0) is 25.9. The zero-order valence-corrected chi connectivity index (χ0v) is 20.2. The topological polar surface area (TPSA) is 104 Å². The van der Waals surface area contributed by atoms with Gasteiger partial charge in [-0.1, -0.05) is 24.1 Å². The molecule has 1 aromatic carbocycles. The van der Waals surface area contributed by atoms with Gasteiger partial charge in [-0.2, -0.15) is 0 Å². The van der Waals surface area contributed by atoms with Gasteiger partial charge in [-0.05, 0) is 32.8 Å². The van der Waals surface area contributed by atoms with Gasteiger partial charge >= 0.3 is 5.97 Å². The SMILES string of the molecule is COc1c(C(=O)OC(C)C)n([C@H]2CCCCC2=O)cc(C(=O)NCc2ccc(F)c(Cl)c2F)c1=O. The minimum absolute atomic E-state index is 0.100. The van der Waals surface area contributed by atoms with Gasteiger partial charge in [-0.25, -0.2) is 13.6 Å². The molecule has 1 N–H and O–H groups in total. The lowest BCUT2D eigenvalue weighted by molar-refractivity contribution is -0.123. The number of hydrogen-bond donors (Lipinski definition) is 1. The molecule has 0 unspecified atom stereocenters. The van der Waals surface area contributed by atoms with Crippen molar-refractivity contribution < 1.29 is 32.6 Å². The van der Waals surface area contributed by atoms with Crippen LogP contribution in [0.3, 0.4) is 0 Å². The van der Waals surface area contributed by atoms with E-state index in [1.165, 1.54) is 4.57 Å². The standard InChI is InChI=1S/C24H25ClF2N2O6/c1-12(2)35-24(33)20-22(34-3)21(31)14(11-29(20)16-6-4-5-7-17(16)30)23(32)28-10-13-8-9-15(26)18(25)19(13)27/h8-9,11-12,16H,4-7,10H2,1-3H3,(H,28,32)/t16-/m0/s1. The number of carbonyl (C=O) groups is 3. The van der Waals surface area contributed by atoms with Crippen molar-refractivity contribution in [2.45, 2.75) is 58.2 Å². The smallest absolute Gasteiger partial charge is 0.359 e. The number of nitrogens with zero attached hydrogens (tertiary/aromatic N) is 1. The summed E-state index contributed by atoms with van der Waals surface area (Å²) in [6.45, 7) is 2.86. The van der Waals surface area contributed by atoms with Crippen LogP contribution in [0, 0.1) is 11.6 Å². The Morgan fingerprint density at radius 1 is 1.23 bits per heavy atom. The predicted octanol–water partition coefficient (Wildman–Crippen LogP) is 3.97. The number of pyridine rings is 1. The van der Waals surface area contributed by atoms with E-state index < -0.39 is 64.0 Å². The van der Waals surface area contributed by atoms with Crippen LogP contribution in [0.4, 0.5) is 8.78 Å². The number of Topliss-reactive ketones (excluding diaryl/α,β-unsaturated/α-hetero) is 1. The minimum atomic E-state index is -1.04. The summed E-state index contributed by atoms with van der Waals surface area (Å²) in [4.78, 5) is 51.6. The first-order valence-corrected chi connectivity index (χ1v) is 11.4. The second-order valence-electron chi connectivity index (χ2n) is 8.36. The van der Waals surface area contributed by atoms with Crippen LogP contribution in [-0.4, -0.2) is 35.4 Å². The molecule has 1 aliphatic rings. The van der Waals surface area contributed by atoms with Gasteiger partial charge in [-0.3, -0.25) is 14.4 Å². The third-order valence-corrected chi connectivity index (χ3v) is 5.94. The van der Waals surface area contributed by atoms with Crippen molar-refractivity contribution >= 4 is 29.3 Å². The van der Waals surface area contributed by atoms with Crippen molar-refractivity contribution in [1.29, 1.82) is 0 Å². The van der Waals surface area contributed by atoms with E-state index in [2.05, 4.69) is 5.32 Å². The predicted molar refractivity (Wildman–Crippen MR) is 123 cm³/mol. The van der Waals surface area contributed by atoms with E-state index in [9.17, 15) is 28.0 Å². The summed E-state index contributed by atoms with van der Waals surface area (Å²) < 4.78 is 39.4. The van der Waals surface area contributed by atoms with Crippen LogP contribution in [0.1, 0.15) is 72.0 Å². The molecule has 1 saturated carbocycles. The molecule has 8 nitrogen and oxygen atoms in total. The van der Waals surface area contributed by atoms with Gasteiger partial charge in [0.25, 0.3) is 5.91 Å². The molecule has 1 aliphatic carbocycles. The number of nitrogens with one attached hydrogen (secondary N) is 1. The molecule has 0 bridgehead atoms. The Hall–Kier alpha value is -3.27. The average Bonchev–Trinajstić information content (AvgIpc) is 2.81. The van der Waals surface area contributed by atoms with Crippen molar-refractivity contribution in [3.63, 3.8) is 0 Å². The van der Waals surface area contributed by atoms with Gasteiger partial charge in [-0.15, -0.1) is 0 Å². The molecule has 2 aromatic rings. The lowest BCUT2D eigenvalue weighted by atomic mass is 9.93. The van der Waals surface area contributed by atoms with Gasteiger partial charge in [0.2, 0.25) is 5.43 Å². The summed E-state index contributed by atoms with van der Waals surface area (Å²) in [5.74, 6) is -4.38. The quantitative estimate of drug-likeness (QED) is 0.446. The molecular formula is C24H25ClF2N2O6. The van der Waals surface area contributed by atoms with Crippen LogP contribution in [-0.2, 0) is 16.1 Å². The van der Waals surface area contributed by atoms with Crippen molar-refractivity contribution in [2.75, 3.05) is 7.11 Å². The van der Waals surface area contributed by atoms with E-state index in [0.717, 1.165) is 25.4 Å². The van der Waals surface area contributed by atoms with Crippen molar-refractivity contribution in [3.8, 4) is 5.75 Å². The highest BCUT2D eigenvalue weighted by Crippen LogP contribution is 2.30. The number of esters is 1. The van der Waals surface area contributed by atoms with E-state index in [1.54, 1.807) is 13.8 Å². The molecule has 0 spiro atoms. The Morgan fingerprint density at radius 3 is 2.57 bits per heavy atom. The van der Waals surface area contributed by atoms with E-state index in [4.69, 9.17) is 21.1 Å². The summed E-state index contributed by atoms with van der Waals surface area (Å²) in [5, 5.41) is 1.67.